The number of rotatable bonds is 6. The summed E-state index contributed by atoms with van der Waals surface area (Å²) in [6.07, 6.45) is 3.35. The van der Waals surface area contributed by atoms with Gasteiger partial charge in [-0.25, -0.2) is 4.98 Å². The van der Waals surface area contributed by atoms with Crippen molar-refractivity contribution in [2.45, 2.75) is 17.5 Å². The van der Waals surface area contributed by atoms with E-state index in [0.29, 0.717) is 17.3 Å². The van der Waals surface area contributed by atoms with E-state index in [1.807, 2.05) is 11.6 Å². The number of nitrogens with zero attached hydrogens (tertiary/aromatic N) is 3. The van der Waals surface area contributed by atoms with Crippen LogP contribution in [0.25, 0.3) is 0 Å². The van der Waals surface area contributed by atoms with Gasteiger partial charge in [0.2, 0.25) is 0 Å². The Labute approximate surface area is 121 Å². The van der Waals surface area contributed by atoms with Gasteiger partial charge in [0, 0.05) is 25.1 Å². The Morgan fingerprint density at radius 1 is 1.30 bits per heavy atom. The number of imidazole rings is 1. The lowest BCUT2D eigenvalue weighted by Gasteiger charge is -2.11. The van der Waals surface area contributed by atoms with Crippen LogP contribution in [0.1, 0.15) is 11.4 Å². The number of aromatic nitrogens is 3. The van der Waals surface area contributed by atoms with Crippen molar-refractivity contribution >= 4 is 11.8 Å². The molecule has 2 aromatic heterocycles. The van der Waals surface area contributed by atoms with Gasteiger partial charge >= 0.3 is 0 Å². The monoisotopic (exact) mass is 295 g/mol. The predicted molar refractivity (Wildman–Crippen MR) is 76.0 cm³/mol. The molecule has 1 N–H and O–H groups in total. The van der Waals surface area contributed by atoms with Gasteiger partial charge in [-0.2, -0.15) is 0 Å². The zero-order valence-corrected chi connectivity index (χ0v) is 12.5. The van der Waals surface area contributed by atoms with Crippen LogP contribution in [0.15, 0.2) is 23.6 Å². The smallest absolute Gasteiger partial charge is 0.183 e. The molecule has 0 aromatic carbocycles. The highest BCUT2D eigenvalue weighted by Crippen LogP contribution is 2.32. The fourth-order valence-electron chi connectivity index (χ4n) is 1.79. The van der Waals surface area contributed by atoms with Crippen LogP contribution < -0.4 is 9.47 Å². The van der Waals surface area contributed by atoms with E-state index >= 15 is 0 Å². The summed E-state index contributed by atoms with van der Waals surface area (Å²) in [5, 5.41) is 9.97. The van der Waals surface area contributed by atoms with Crippen LogP contribution in [0.3, 0.4) is 0 Å². The molecule has 0 spiro atoms. The Morgan fingerprint density at radius 3 is 2.70 bits per heavy atom. The first-order valence-corrected chi connectivity index (χ1v) is 7.00. The Bertz CT molecular complexity index is 586. The molecule has 7 heteroatoms. The average Bonchev–Trinajstić information content (AvgIpc) is 2.84. The molecule has 0 radical (unpaired) electrons. The number of pyridine rings is 1. The van der Waals surface area contributed by atoms with Crippen molar-refractivity contribution in [3.05, 3.63) is 29.8 Å². The summed E-state index contributed by atoms with van der Waals surface area (Å²) >= 11 is 1.53. The third-order valence-electron chi connectivity index (χ3n) is 2.91. The molecule has 2 aromatic rings. The van der Waals surface area contributed by atoms with Gasteiger partial charge < -0.3 is 19.1 Å². The minimum atomic E-state index is -0.0230. The lowest BCUT2D eigenvalue weighted by molar-refractivity contribution is 0.271. The summed E-state index contributed by atoms with van der Waals surface area (Å²) in [5.41, 5.74) is 1.57. The van der Waals surface area contributed by atoms with Gasteiger partial charge in [0.05, 0.1) is 38.4 Å². The highest BCUT2D eigenvalue weighted by Gasteiger charge is 2.13. The second-order valence-corrected chi connectivity index (χ2v) is 4.97. The highest BCUT2D eigenvalue weighted by molar-refractivity contribution is 7.98. The van der Waals surface area contributed by atoms with Crippen molar-refractivity contribution in [1.82, 2.24) is 14.5 Å². The number of hydrogen-bond donors (Lipinski definition) is 1. The molecule has 0 bridgehead atoms. The normalized spacial score (nSPS) is 10.6. The standard InChI is InChI=1S/C13H17N3O3S/c1-16-9(7-17)6-15-13(16)20-8-10-12(19-3)11(18-2)4-5-14-10/h4-6,17H,7-8H2,1-3H3. The van der Waals surface area contributed by atoms with Gasteiger partial charge in [-0.15, -0.1) is 0 Å². The molecule has 0 fully saturated rings. The maximum absolute atomic E-state index is 9.15. The van der Waals surface area contributed by atoms with Gasteiger partial charge in [0.15, 0.2) is 16.7 Å². The number of thioether (sulfide) groups is 1. The van der Waals surface area contributed by atoms with E-state index in [2.05, 4.69) is 9.97 Å². The Kier molecular flexibility index (Phi) is 4.86. The molecule has 108 valence electrons. The summed E-state index contributed by atoms with van der Waals surface area (Å²) in [6, 6.07) is 1.76. The maximum atomic E-state index is 9.15. The molecule has 0 atom stereocenters. The van der Waals surface area contributed by atoms with Crippen LogP contribution in [0.5, 0.6) is 11.5 Å². The van der Waals surface area contributed by atoms with Crippen molar-refractivity contribution in [3.8, 4) is 11.5 Å². The fraction of sp³-hybridized carbons (Fsp3) is 0.385. The van der Waals surface area contributed by atoms with E-state index < -0.39 is 0 Å². The zero-order chi connectivity index (χ0) is 14.5. The zero-order valence-electron chi connectivity index (χ0n) is 11.7. The lowest BCUT2D eigenvalue weighted by atomic mass is 10.3. The minimum Gasteiger partial charge on any atom is -0.493 e. The summed E-state index contributed by atoms with van der Waals surface area (Å²) in [5.74, 6) is 1.91. The minimum absolute atomic E-state index is 0.0230. The second-order valence-electron chi connectivity index (χ2n) is 4.03. The van der Waals surface area contributed by atoms with Gasteiger partial charge in [0.1, 0.15) is 0 Å². The van der Waals surface area contributed by atoms with Crippen LogP contribution in [0.2, 0.25) is 0 Å². The molecule has 2 rings (SSSR count). The SMILES string of the molecule is COc1ccnc(CSc2ncc(CO)n2C)c1OC. The van der Waals surface area contributed by atoms with Crippen LogP contribution in [0.4, 0.5) is 0 Å². The van der Waals surface area contributed by atoms with E-state index in [-0.39, 0.29) is 6.61 Å². The van der Waals surface area contributed by atoms with Gasteiger partial charge in [-0.1, -0.05) is 11.8 Å². The van der Waals surface area contributed by atoms with Gasteiger partial charge in [-0.3, -0.25) is 4.98 Å². The Morgan fingerprint density at radius 2 is 2.10 bits per heavy atom. The summed E-state index contributed by atoms with van der Waals surface area (Å²) in [4.78, 5) is 8.58. The molecular weight excluding hydrogens is 278 g/mol. The summed E-state index contributed by atoms with van der Waals surface area (Å²) in [7, 11) is 5.07. The molecule has 0 saturated heterocycles. The van der Waals surface area contributed by atoms with Crippen LogP contribution in [0, 0.1) is 0 Å². The first kappa shape index (κ1) is 14.7. The van der Waals surface area contributed by atoms with Crippen molar-refractivity contribution in [3.63, 3.8) is 0 Å². The molecule has 0 amide bonds. The number of hydrogen-bond acceptors (Lipinski definition) is 6. The van der Waals surface area contributed by atoms with Crippen LogP contribution in [-0.4, -0.2) is 33.9 Å². The second kappa shape index (κ2) is 6.62. The number of ether oxygens (including phenoxy) is 2. The Hall–Kier alpha value is -1.73. The molecule has 0 aliphatic heterocycles. The molecule has 6 nitrogen and oxygen atoms in total. The lowest BCUT2D eigenvalue weighted by Crippen LogP contribution is -2.00. The third kappa shape index (κ3) is 2.88. The summed E-state index contributed by atoms with van der Waals surface area (Å²) < 4.78 is 12.4. The molecular formula is C13H17N3O3S. The first-order valence-electron chi connectivity index (χ1n) is 6.01. The number of methoxy groups -OCH3 is 2. The average molecular weight is 295 g/mol. The predicted octanol–water partition coefficient (Wildman–Crippen LogP) is 1.62. The first-order chi connectivity index (χ1) is 9.71. The van der Waals surface area contributed by atoms with Gasteiger partial charge in [0.25, 0.3) is 0 Å². The van der Waals surface area contributed by atoms with Crippen molar-refractivity contribution in [1.29, 1.82) is 0 Å². The van der Waals surface area contributed by atoms with E-state index in [0.717, 1.165) is 16.5 Å². The van der Waals surface area contributed by atoms with Crippen LogP contribution in [-0.2, 0) is 19.4 Å². The van der Waals surface area contributed by atoms with E-state index in [1.54, 1.807) is 32.7 Å². The largest absolute Gasteiger partial charge is 0.493 e. The summed E-state index contributed by atoms with van der Waals surface area (Å²) in [6.45, 7) is -0.0230. The van der Waals surface area contributed by atoms with Gasteiger partial charge in [-0.05, 0) is 0 Å². The van der Waals surface area contributed by atoms with E-state index in [9.17, 15) is 0 Å². The number of aliphatic hydroxyl groups excluding tert-OH is 1. The fourth-order valence-corrected chi connectivity index (χ4v) is 2.70. The topological polar surface area (TPSA) is 69.4 Å². The third-order valence-corrected chi connectivity index (χ3v) is 3.96. The van der Waals surface area contributed by atoms with Crippen molar-refractivity contribution in [2.75, 3.05) is 14.2 Å². The maximum Gasteiger partial charge on any atom is 0.183 e. The van der Waals surface area contributed by atoms with Crippen LogP contribution >= 0.6 is 11.8 Å². The molecule has 0 aliphatic carbocycles. The molecule has 20 heavy (non-hydrogen) atoms. The van der Waals surface area contributed by atoms with E-state index in [4.69, 9.17) is 14.6 Å². The molecule has 0 saturated carbocycles. The molecule has 0 aliphatic rings. The quantitative estimate of drug-likeness (QED) is 0.817. The van der Waals surface area contributed by atoms with E-state index in [1.165, 1.54) is 11.8 Å². The molecule has 0 unspecified atom stereocenters. The Balaban J connectivity index is 2.16. The molecule has 2 heterocycles. The van der Waals surface area contributed by atoms with Crippen molar-refractivity contribution in [2.24, 2.45) is 7.05 Å². The highest BCUT2D eigenvalue weighted by atomic mass is 32.2. The number of aliphatic hydroxyl groups is 1. The van der Waals surface area contributed by atoms with Crippen molar-refractivity contribution < 1.29 is 14.6 Å².